The van der Waals surface area contributed by atoms with Crippen molar-refractivity contribution in [3.05, 3.63) is 23.6 Å². The molecule has 1 saturated heterocycles. The molecule has 1 aliphatic heterocycles. The Morgan fingerprint density at radius 2 is 2.22 bits per heavy atom. The van der Waals surface area contributed by atoms with Gasteiger partial charge in [0.25, 0.3) is 0 Å². The zero-order valence-electron chi connectivity index (χ0n) is 10.5. The van der Waals surface area contributed by atoms with Crippen molar-refractivity contribution in [1.29, 1.82) is 0 Å². The van der Waals surface area contributed by atoms with E-state index in [2.05, 4.69) is 15.2 Å². The van der Waals surface area contributed by atoms with Crippen LogP contribution in [0.1, 0.15) is 12.5 Å². The summed E-state index contributed by atoms with van der Waals surface area (Å²) >= 11 is 0. The summed E-state index contributed by atoms with van der Waals surface area (Å²) in [5.74, 6) is 1.83. The third kappa shape index (κ3) is 3.26. The minimum atomic E-state index is -0.710. The Morgan fingerprint density at radius 3 is 2.89 bits per heavy atom. The summed E-state index contributed by atoms with van der Waals surface area (Å²) in [4.78, 5) is 6.28. The average Bonchev–Trinajstić information content (AvgIpc) is 2.38. The van der Waals surface area contributed by atoms with Crippen molar-refractivity contribution in [1.82, 2.24) is 10.3 Å². The molecule has 0 saturated carbocycles. The Labute approximate surface area is 109 Å². The van der Waals surface area contributed by atoms with Gasteiger partial charge in [-0.25, -0.2) is 9.37 Å². The number of halogens is 1. The van der Waals surface area contributed by atoms with Crippen LogP contribution in [0.3, 0.4) is 0 Å². The molecule has 1 fully saturated rings. The predicted molar refractivity (Wildman–Crippen MR) is 71.7 cm³/mol. The van der Waals surface area contributed by atoms with E-state index in [0.717, 1.165) is 31.0 Å². The topological polar surface area (TPSA) is 45.2 Å². The fourth-order valence-electron chi connectivity index (χ4n) is 2.00. The van der Waals surface area contributed by atoms with Gasteiger partial charge in [0.05, 0.1) is 6.20 Å². The number of pyridine rings is 1. The van der Waals surface area contributed by atoms with Crippen molar-refractivity contribution in [2.75, 3.05) is 36.0 Å². The number of nitrogens with zero attached hydrogens (tertiary/aromatic N) is 2. The van der Waals surface area contributed by atoms with Crippen LogP contribution in [0.4, 0.5) is 10.2 Å². The third-order valence-corrected chi connectivity index (χ3v) is 4.23. The molecule has 18 heavy (non-hydrogen) atoms. The SMILES string of the molecule is CCNCc1cc(F)cnc1N1CCS(=O)CC1. The Morgan fingerprint density at radius 1 is 1.50 bits per heavy atom. The molecule has 2 rings (SSSR count). The smallest absolute Gasteiger partial charge is 0.141 e. The summed E-state index contributed by atoms with van der Waals surface area (Å²) in [5, 5.41) is 3.19. The third-order valence-electron chi connectivity index (χ3n) is 2.95. The molecule has 0 unspecified atom stereocenters. The molecule has 100 valence electrons. The molecule has 1 aliphatic rings. The summed E-state index contributed by atoms with van der Waals surface area (Å²) in [6, 6.07) is 1.52. The Balaban J connectivity index is 2.17. The van der Waals surface area contributed by atoms with E-state index in [-0.39, 0.29) is 5.82 Å². The van der Waals surface area contributed by atoms with Gasteiger partial charge in [0.1, 0.15) is 11.6 Å². The molecule has 0 radical (unpaired) electrons. The van der Waals surface area contributed by atoms with E-state index in [1.807, 2.05) is 6.92 Å². The lowest BCUT2D eigenvalue weighted by molar-refractivity contribution is 0.612. The van der Waals surface area contributed by atoms with Gasteiger partial charge in [0, 0.05) is 47.5 Å². The zero-order valence-corrected chi connectivity index (χ0v) is 11.3. The van der Waals surface area contributed by atoms with Crippen LogP contribution in [0.5, 0.6) is 0 Å². The Kier molecular flexibility index (Phi) is 4.66. The normalized spacial score (nSPS) is 17.1. The lowest BCUT2D eigenvalue weighted by Gasteiger charge is -2.29. The first kappa shape index (κ1) is 13.4. The first-order chi connectivity index (χ1) is 8.70. The second kappa shape index (κ2) is 6.24. The first-order valence-corrected chi connectivity index (χ1v) is 7.64. The Bertz CT molecular complexity index is 431. The monoisotopic (exact) mass is 271 g/mol. The maximum Gasteiger partial charge on any atom is 0.141 e. The van der Waals surface area contributed by atoms with Gasteiger partial charge >= 0.3 is 0 Å². The fraction of sp³-hybridized carbons (Fsp3) is 0.583. The quantitative estimate of drug-likeness (QED) is 0.884. The van der Waals surface area contributed by atoms with Gasteiger partial charge in [-0.2, -0.15) is 0 Å². The van der Waals surface area contributed by atoms with Gasteiger partial charge < -0.3 is 10.2 Å². The number of hydrogen-bond donors (Lipinski definition) is 1. The highest BCUT2D eigenvalue weighted by Gasteiger charge is 2.19. The molecular formula is C12H18FN3OS. The van der Waals surface area contributed by atoms with E-state index in [9.17, 15) is 8.60 Å². The van der Waals surface area contributed by atoms with Gasteiger partial charge in [0.2, 0.25) is 0 Å². The number of hydrogen-bond acceptors (Lipinski definition) is 4. The number of aromatic nitrogens is 1. The first-order valence-electron chi connectivity index (χ1n) is 6.15. The summed E-state index contributed by atoms with van der Waals surface area (Å²) in [6.45, 7) is 4.90. The molecule has 0 bridgehead atoms. The maximum absolute atomic E-state index is 13.2. The lowest BCUT2D eigenvalue weighted by atomic mass is 10.2. The minimum Gasteiger partial charge on any atom is -0.355 e. The van der Waals surface area contributed by atoms with Crippen LogP contribution in [-0.2, 0) is 17.3 Å². The molecule has 0 aromatic carbocycles. The largest absolute Gasteiger partial charge is 0.355 e. The average molecular weight is 271 g/mol. The molecule has 2 heterocycles. The van der Waals surface area contributed by atoms with E-state index in [4.69, 9.17) is 0 Å². The van der Waals surface area contributed by atoms with Crippen molar-refractivity contribution < 1.29 is 8.60 Å². The van der Waals surface area contributed by atoms with E-state index in [1.165, 1.54) is 12.3 Å². The molecule has 0 atom stereocenters. The number of rotatable bonds is 4. The molecule has 6 heteroatoms. The van der Waals surface area contributed by atoms with E-state index in [1.54, 1.807) is 0 Å². The highest BCUT2D eigenvalue weighted by atomic mass is 32.2. The highest BCUT2D eigenvalue weighted by molar-refractivity contribution is 7.85. The maximum atomic E-state index is 13.2. The van der Waals surface area contributed by atoms with Crippen molar-refractivity contribution in [2.45, 2.75) is 13.5 Å². The number of anilines is 1. The highest BCUT2D eigenvalue weighted by Crippen LogP contribution is 2.20. The van der Waals surface area contributed by atoms with Crippen molar-refractivity contribution in [2.24, 2.45) is 0 Å². The van der Waals surface area contributed by atoms with Gasteiger partial charge in [-0.15, -0.1) is 0 Å². The van der Waals surface area contributed by atoms with Crippen LogP contribution in [0, 0.1) is 5.82 Å². The van der Waals surface area contributed by atoms with Crippen LogP contribution < -0.4 is 10.2 Å². The second-order valence-corrected chi connectivity index (χ2v) is 5.95. The molecular weight excluding hydrogens is 253 g/mol. The summed E-state index contributed by atoms with van der Waals surface area (Å²) in [5.41, 5.74) is 0.865. The van der Waals surface area contributed by atoms with Gasteiger partial charge in [0.15, 0.2) is 0 Å². The molecule has 1 aromatic heterocycles. The van der Waals surface area contributed by atoms with Crippen LogP contribution in [0.2, 0.25) is 0 Å². The Hall–Kier alpha value is -1.01. The summed E-state index contributed by atoms with van der Waals surface area (Å²) in [6.07, 6.45) is 1.25. The fourth-order valence-corrected chi connectivity index (χ4v) is 3.05. The van der Waals surface area contributed by atoms with Gasteiger partial charge in [-0.05, 0) is 12.6 Å². The molecule has 1 aromatic rings. The zero-order chi connectivity index (χ0) is 13.0. The van der Waals surface area contributed by atoms with E-state index < -0.39 is 10.8 Å². The molecule has 0 amide bonds. The standard InChI is InChI=1S/C12H18FN3OS/c1-2-14-8-10-7-11(13)9-15-12(10)16-3-5-18(17)6-4-16/h7,9,14H,2-6,8H2,1H3. The predicted octanol–water partition coefficient (Wildman–Crippen LogP) is 0.899. The van der Waals surface area contributed by atoms with Gasteiger partial charge in [-0.3, -0.25) is 4.21 Å². The molecule has 4 nitrogen and oxygen atoms in total. The van der Waals surface area contributed by atoms with Crippen molar-refractivity contribution in [3.63, 3.8) is 0 Å². The molecule has 0 spiro atoms. The minimum absolute atomic E-state index is 0.313. The van der Waals surface area contributed by atoms with Crippen molar-refractivity contribution >= 4 is 16.6 Å². The molecule has 1 N–H and O–H groups in total. The van der Waals surface area contributed by atoms with Crippen LogP contribution >= 0.6 is 0 Å². The van der Waals surface area contributed by atoms with Crippen LogP contribution in [0.25, 0.3) is 0 Å². The summed E-state index contributed by atoms with van der Waals surface area (Å²) < 4.78 is 24.6. The van der Waals surface area contributed by atoms with E-state index in [0.29, 0.717) is 18.1 Å². The van der Waals surface area contributed by atoms with E-state index >= 15 is 0 Å². The summed E-state index contributed by atoms with van der Waals surface area (Å²) in [7, 11) is -0.710. The number of nitrogens with one attached hydrogen (secondary N) is 1. The van der Waals surface area contributed by atoms with Crippen LogP contribution in [0.15, 0.2) is 12.3 Å². The van der Waals surface area contributed by atoms with Gasteiger partial charge in [-0.1, -0.05) is 6.92 Å². The lowest BCUT2D eigenvalue weighted by Crippen LogP contribution is -2.39. The van der Waals surface area contributed by atoms with Crippen LogP contribution in [-0.4, -0.2) is 40.3 Å². The van der Waals surface area contributed by atoms with Crippen molar-refractivity contribution in [3.8, 4) is 0 Å². The molecule has 0 aliphatic carbocycles. The second-order valence-electron chi connectivity index (χ2n) is 4.25.